The molecular formula is C10H22OSi. The van der Waals surface area contributed by atoms with Gasteiger partial charge in [0.15, 0.2) is 0 Å². The van der Waals surface area contributed by atoms with Gasteiger partial charge in [0.25, 0.3) is 0 Å². The Balaban J connectivity index is 1.91. The van der Waals surface area contributed by atoms with E-state index >= 15 is 0 Å². The van der Waals surface area contributed by atoms with Gasteiger partial charge in [-0.15, -0.1) is 0 Å². The third-order valence-electron chi connectivity index (χ3n) is 2.94. The Labute approximate surface area is 79.4 Å². The topological polar surface area (TPSA) is 9.23 Å². The molecule has 0 aromatic heterocycles. The van der Waals surface area contributed by atoms with Gasteiger partial charge < -0.3 is 4.43 Å². The fraction of sp³-hybridized carbons (Fsp3) is 1.00. The van der Waals surface area contributed by atoms with Gasteiger partial charge in [-0.3, -0.25) is 0 Å². The summed E-state index contributed by atoms with van der Waals surface area (Å²) in [5.74, 6) is 1.06. The molecule has 12 heavy (non-hydrogen) atoms. The molecule has 1 saturated carbocycles. The maximum absolute atomic E-state index is 5.17. The van der Waals surface area contributed by atoms with Crippen molar-refractivity contribution in [1.82, 2.24) is 0 Å². The molecule has 0 aromatic carbocycles. The molecule has 0 heterocycles. The van der Waals surface area contributed by atoms with Crippen molar-refractivity contribution >= 4 is 10.5 Å². The van der Waals surface area contributed by atoms with Gasteiger partial charge in [-0.1, -0.05) is 44.9 Å². The van der Waals surface area contributed by atoms with Crippen molar-refractivity contribution in [1.29, 1.82) is 0 Å². The SMILES string of the molecule is [SiH3]OCCCCC1CCCCC1. The van der Waals surface area contributed by atoms with Crippen LogP contribution in [0.1, 0.15) is 51.4 Å². The van der Waals surface area contributed by atoms with Crippen molar-refractivity contribution in [2.45, 2.75) is 51.4 Å². The van der Waals surface area contributed by atoms with Gasteiger partial charge in [0, 0.05) is 6.61 Å². The molecule has 0 atom stereocenters. The fourth-order valence-electron chi connectivity index (χ4n) is 2.16. The highest BCUT2D eigenvalue weighted by molar-refractivity contribution is 5.97. The van der Waals surface area contributed by atoms with Gasteiger partial charge in [0.2, 0.25) is 0 Å². The third kappa shape index (κ3) is 4.26. The molecule has 1 aliphatic rings. The standard InChI is InChI=1S/C10H22OSi/c12-11-9-5-4-8-10-6-2-1-3-7-10/h10H,1-9H2,12H3. The minimum atomic E-state index is 0.916. The Morgan fingerprint density at radius 3 is 2.50 bits per heavy atom. The molecule has 2 heteroatoms. The van der Waals surface area contributed by atoms with Crippen LogP contribution in [-0.2, 0) is 4.43 Å². The van der Waals surface area contributed by atoms with Gasteiger partial charge >= 0.3 is 0 Å². The second-order valence-corrected chi connectivity index (χ2v) is 4.57. The Morgan fingerprint density at radius 1 is 1.08 bits per heavy atom. The maximum atomic E-state index is 5.17. The maximum Gasteiger partial charge on any atom is 0.145 e. The Hall–Kier alpha value is 0.177. The first-order valence-electron chi connectivity index (χ1n) is 5.42. The second-order valence-electron chi connectivity index (χ2n) is 3.99. The van der Waals surface area contributed by atoms with Crippen LogP contribution in [-0.4, -0.2) is 17.1 Å². The van der Waals surface area contributed by atoms with Crippen LogP contribution in [0.25, 0.3) is 0 Å². The van der Waals surface area contributed by atoms with Gasteiger partial charge in [-0.05, 0) is 12.3 Å². The lowest BCUT2D eigenvalue weighted by Crippen LogP contribution is -2.06. The zero-order chi connectivity index (χ0) is 8.65. The summed E-state index contributed by atoms with van der Waals surface area (Å²) in [5, 5.41) is 0. The largest absolute Gasteiger partial charge is 0.428 e. The van der Waals surface area contributed by atoms with Crippen molar-refractivity contribution in [3.8, 4) is 0 Å². The summed E-state index contributed by atoms with van der Waals surface area (Å²) < 4.78 is 5.17. The van der Waals surface area contributed by atoms with E-state index in [1.807, 2.05) is 0 Å². The predicted molar refractivity (Wildman–Crippen MR) is 56.3 cm³/mol. The minimum absolute atomic E-state index is 0.916. The van der Waals surface area contributed by atoms with Crippen LogP contribution in [0.2, 0.25) is 0 Å². The molecule has 0 bridgehead atoms. The van der Waals surface area contributed by atoms with Crippen LogP contribution in [0.4, 0.5) is 0 Å². The summed E-state index contributed by atoms with van der Waals surface area (Å²) in [4.78, 5) is 0. The molecule has 1 rings (SSSR count). The van der Waals surface area contributed by atoms with E-state index in [9.17, 15) is 0 Å². The van der Waals surface area contributed by atoms with Crippen molar-refractivity contribution in [2.24, 2.45) is 5.92 Å². The third-order valence-corrected chi connectivity index (χ3v) is 3.34. The first-order chi connectivity index (χ1) is 5.93. The van der Waals surface area contributed by atoms with Crippen LogP contribution >= 0.6 is 0 Å². The smallest absolute Gasteiger partial charge is 0.145 e. The number of hydrogen-bond acceptors (Lipinski definition) is 1. The average Bonchev–Trinajstić information content (AvgIpc) is 2.14. The van der Waals surface area contributed by atoms with Crippen LogP contribution in [0.5, 0.6) is 0 Å². The predicted octanol–water partition coefficient (Wildman–Crippen LogP) is 2.03. The summed E-state index contributed by atoms with van der Waals surface area (Å²) in [5.41, 5.74) is 0. The molecule has 0 aliphatic heterocycles. The summed E-state index contributed by atoms with van der Waals surface area (Å²) in [6.45, 7) is 1.01. The van der Waals surface area contributed by atoms with Gasteiger partial charge in [-0.25, -0.2) is 0 Å². The van der Waals surface area contributed by atoms with Gasteiger partial charge in [0.1, 0.15) is 10.5 Å². The molecule has 0 N–H and O–H groups in total. The first-order valence-corrected chi connectivity index (χ1v) is 6.24. The molecule has 1 fully saturated rings. The Bertz CT molecular complexity index is 100. The van der Waals surface area contributed by atoms with Gasteiger partial charge in [0.05, 0.1) is 0 Å². The van der Waals surface area contributed by atoms with E-state index < -0.39 is 0 Å². The first kappa shape index (κ1) is 10.3. The number of rotatable bonds is 5. The molecule has 72 valence electrons. The zero-order valence-electron chi connectivity index (χ0n) is 8.35. The molecule has 0 saturated heterocycles. The number of hydrogen-bond donors (Lipinski definition) is 0. The van der Waals surface area contributed by atoms with E-state index in [-0.39, 0.29) is 0 Å². The average molecular weight is 186 g/mol. The second kappa shape index (κ2) is 6.67. The zero-order valence-corrected chi connectivity index (χ0v) is 10.3. The van der Waals surface area contributed by atoms with Gasteiger partial charge in [-0.2, -0.15) is 0 Å². The minimum Gasteiger partial charge on any atom is -0.428 e. The van der Waals surface area contributed by atoms with E-state index in [2.05, 4.69) is 0 Å². The highest BCUT2D eigenvalue weighted by Crippen LogP contribution is 2.27. The molecule has 0 unspecified atom stereocenters. The van der Waals surface area contributed by atoms with Crippen LogP contribution in [0.15, 0.2) is 0 Å². The van der Waals surface area contributed by atoms with E-state index in [0.717, 1.165) is 23.0 Å². The van der Waals surface area contributed by atoms with E-state index in [0.29, 0.717) is 0 Å². The molecule has 0 spiro atoms. The van der Waals surface area contributed by atoms with Crippen molar-refractivity contribution < 1.29 is 4.43 Å². The molecular weight excluding hydrogens is 164 g/mol. The lowest BCUT2D eigenvalue weighted by molar-refractivity contribution is 0.298. The Morgan fingerprint density at radius 2 is 1.83 bits per heavy atom. The normalized spacial score (nSPS) is 20.0. The van der Waals surface area contributed by atoms with E-state index in [4.69, 9.17) is 4.43 Å². The highest BCUT2D eigenvalue weighted by atomic mass is 28.2. The highest BCUT2D eigenvalue weighted by Gasteiger charge is 2.12. The molecule has 1 aliphatic carbocycles. The van der Waals surface area contributed by atoms with Crippen molar-refractivity contribution in [3.63, 3.8) is 0 Å². The van der Waals surface area contributed by atoms with Crippen LogP contribution < -0.4 is 0 Å². The van der Waals surface area contributed by atoms with E-state index in [1.54, 1.807) is 0 Å². The van der Waals surface area contributed by atoms with Crippen LogP contribution in [0, 0.1) is 5.92 Å². The molecule has 1 nitrogen and oxygen atoms in total. The van der Waals surface area contributed by atoms with Crippen molar-refractivity contribution in [3.05, 3.63) is 0 Å². The lowest BCUT2D eigenvalue weighted by atomic mass is 9.86. The van der Waals surface area contributed by atoms with Crippen molar-refractivity contribution in [2.75, 3.05) is 6.61 Å². The molecule has 0 amide bonds. The van der Waals surface area contributed by atoms with Crippen LogP contribution in [0.3, 0.4) is 0 Å². The summed E-state index contributed by atoms with van der Waals surface area (Å²) >= 11 is 0. The summed E-state index contributed by atoms with van der Waals surface area (Å²) in [7, 11) is 0.916. The Kier molecular flexibility index (Phi) is 5.70. The monoisotopic (exact) mass is 186 g/mol. The quantitative estimate of drug-likeness (QED) is 0.471. The lowest BCUT2D eigenvalue weighted by Gasteiger charge is -2.21. The molecule has 0 aromatic rings. The molecule has 0 radical (unpaired) electrons. The van der Waals surface area contributed by atoms with E-state index in [1.165, 1.54) is 51.4 Å². The fourth-order valence-corrected chi connectivity index (χ4v) is 2.44. The summed E-state index contributed by atoms with van der Waals surface area (Å²) in [6.07, 6.45) is 11.6. The summed E-state index contributed by atoms with van der Waals surface area (Å²) in [6, 6.07) is 0. The number of unbranched alkanes of at least 4 members (excludes halogenated alkanes) is 1.